The number of piperazine rings is 1. The summed E-state index contributed by atoms with van der Waals surface area (Å²) >= 11 is 0. The Kier molecular flexibility index (Phi) is 3.93. The predicted octanol–water partition coefficient (Wildman–Crippen LogP) is 0.960. The highest BCUT2D eigenvalue weighted by atomic mass is 19.4. The van der Waals surface area contributed by atoms with E-state index in [1.165, 1.54) is 17.0 Å². The molecule has 0 bridgehead atoms. The lowest BCUT2D eigenvalue weighted by atomic mass is 9.90. The largest absolute Gasteiger partial charge is 0.490 e. The first-order valence-corrected chi connectivity index (χ1v) is 7.16. The van der Waals surface area contributed by atoms with E-state index in [1.807, 2.05) is 6.07 Å². The van der Waals surface area contributed by atoms with Crippen molar-refractivity contribution < 1.29 is 27.5 Å². The van der Waals surface area contributed by atoms with E-state index in [4.69, 9.17) is 5.26 Å². The molecule has 0 aromatic heterocycles. The van der Waals surface area contributed by atoms with E-state index < -0.39 is 24.4 Å². The van der Waals surface area contributed by atoms with Crippen molar-refractivity contribution in [2.24, 2.45) is 0 Å². The minimum Gasteiger partial charge on any atom is -0.438 e. The first-order valence-electron chi connectivity index (χ1n) is 7.16. The number of nitrogens with zero attached hydrogens (tertiary/aromatic N) is 2. The number of carbonyl (C=O) groups is 2. The Balaban J connectivity index is 1.88. The molecule has 1 fully saturated rings. The normalized spacial score (nSPS) is 23.1. The molecule has 1 unspecified atom stereocenters. The van der Waals surface area contributed by atoms with Gasteiger partial charge in [-0.25, -0.2) is 4.79 Å². The second-order valence-corrected chi connectivity index (χ2v) is 5.53. The Morgan fingerprint density at radius 3 is 2.83 bits per heavy atom. The predicted molar refractivity (Wildman–Crippen MR) is 73.6 cm³/mol. The van der Waals surface area contributed by atoms with Crippen LogP contribution in [0.25, 0.3) is 0 Å². The van der Waals surface area contributed by atoms with Gasteiger partial charge in [0.05, 0.1) is 17.7 Å². The summed E-state index contributed by atoms with van der Waals surface area (Å²) in [4.78, 5) is 25.0. The molecule has 24 heavy (non-hydrogen) atoms. The van der Waals surface area contributed by atoms with Crippen molar-refractivity contribution in [2.75, 3.05) is 13.1 Å². The number of nitrogens with one attached hydrogen (secondary N) is 1. The Labute approximate surface area is 134 Å². The van der Waals surface area contributed by atoms with Crippen molar-refractivity contribution >= 4 is 11.9 Å². The third-order valence-electron chi connectivity index (χ3n) is 4.07. The molecule has 2 heterocycles. The topological polar surface area (TPSA) is 82.4 Å². The van der Waals surface area contributed by atoms with Crippen LogP contribution in [0, 0.1) is 11.3 Å². The van der Waals surface area contributed by atoms with E-state index in [9.17, 15) is 22.8 Å². The zero-order valence-corrected chi connectivity index (χ0v) is 12.3. The fraction of sp³-hybridized carbons (Fsp3) is 0.400. The van der Waals surface area contributed by atoms with Crippen LogP contribution in [0.4, 0.5) is 13.2 Å². The van der Waals surface area contributed by atoms with Crippen LogP contribution < -0.4 is 5.32 Å². The number of esters is 1. The van der Waals surface area contributed by atoms with E-state index in [0.29, 0.717) is 16.7 Å². The molecular weight excluding hydrogens is 327 g/mol. The number of nitriles is 1. The summed E-state index contributed by atoms with van der Waals surface area (Å²) in [6, 6.07) is 5.82. The minimum absolute atomic E-state index is 0.200. The highest BCUT2D eigenvalue weighted by molar-refractivity contribution is 5.97. The minimum atomic E-state index is -5.10. The van der Waals surface area contributed by atoms with Gasteiger partial charge in [-0.2, -0.15) is 18.4 Å². The van der Waals surface area contributed by atoms with E-state index in [0.717, 1.165) is 0 Å². The molecule has 9 heteroatoms. The van der Waals surface area contributed by atoms with E-state index in [1.54, 1.807) is 6.07 Å². The van der Waals surface area contributed by atoms with Crippen LogP contribution in [-0.4, -0.2) is 48.3 Å². The second-order valence-electron chi connectivity index (χ2n) is 5.53. The molecule has 1 aromatic carbocycles. The zero-order chi connectivity index (χ0) is 17.5. The summed E-state index contributed by atoms with van der Waals surface area (Å²) in [6.45, 7) is 0.477. The Hall–Kier alpha value is -2.60. The summed E-state index contributed by atoms with van der Waals surface area (Å²) < 4.78 is 41.8. The van der Waals surface area contributed by atoms with Crippen LogP contribution in [-0.2, 0) is 16.0 Å². The monoisotopic (exact) mass is 339 g/mol. The van der Waals surface area contributed by atoms with Crippen molar-refractivity contribution in [1.82, 2.24) is 10.2 Å². The van der Waals surface area contributed by atoms with Crippen LogP contribution in [0.1, 0.15) is 21.5 Å². The van der Waals surface area contributed by atoms with Gasteiger partial charge < -0.3 is 9.64 Å². The Morgan fingerprint density at radius 2 is 2.17 bits per heavy atom. The number of carbonyl (C=O) groups excluding carboxylic acids is 2. The lowest BCUT2D eigenvalue weighted by Gasteiger charge is -2.44. The molecule has 1 saturated heterocycles. The number of halogens is 3. The lowest BCUT2D eigenvalue weighted by Crippen LogP contribution is -2.63. The molecule has 1 N–H and O–H groups in total. The SMILES string of the molecule is N#Cc1ccc2c(c1)C(=O)N1CCNC(OC(=O)C(F)(F)F)[C@H]1C2. The first kappa shape index (κ1) is 16.3. The summed E-state index contributed by atoms with van der Waals surface area (Å²) in [5, 5.41) is 11.6. The van der Waals surface area contributed by atoms with Gasteiger partial charge in [0, 0.05) is 18.7 Å². The van der Waals surface area contributed by atoms with Gasteiger partial charge in [0.2, 0.25) is 0 Å². The molecule has 3 rings (SSSR count). The number of alkyl halides is 3. The molecule has 2 aliphatic rings. The van der Waals surface area contributed by atoms with Gasteiger partial charge in [-0.05, 0) is 24.1 Å². The van der Waals surface area contributed by atoms with Crippen molar-refractivity contribution in [3.8, 4) is 6.07 Å². The molecule has 126 valence electrons. The van der Waals surface area contributed by atoms with Gasteiger partial charge in [0.15, 0.2) is 6.23 Å². The molecule has 2 aliphatic heterocycles. The second kappa shape index (κ2) is 5.79. The molecule has 2 atom stereocenters. The van der Waals surface area contributed by atoms with E-state index in [2.05, 4.69) is 10.1 Å². The molecule has 1 amide bonds. The zero-order valence-electron chi connectivity index (χ0n) is 12.3. The maximum Gasteiger partial charge on any atom is 0.490 e. The van der Waals surface area contributed by atoms with Crippen LogP contribution >= 0.6 is 0 Å². The number of fused-ring (bicyclic) bond motifs is 2. The van der Waals surface area contributed by atoms with Gasteiger partial charge in [0.25, 0.3) is 5.91 Å². The maximum absolute atomic E-state index is 12.6. The summed E-state index contributed by atoms with van der Waals surface area (Å²) in [5.41, 5.74) is 1.29. The summed E-state index contributed by atoms with van der Waals surface area (Å²) in [5.74, 6) is -2.67. The average Bonchev–Trinajstić information content (AvgIpc) is 2.54. The van der Waals surface area contributed by atoms with Crippen molar-refractivity contribution in [3.05, 3.63) is 34.9 Å². The molecule has 6 nitrogen and oxygen atoms in total. The first-order chi connectivity index (χ1) is 11.3. The standard InChI is InChI=1S/C15H12F3N3O3/c16-15(17,18)14(23)24-12-11-6-9-2-1-8(7-19)5-10(9)13(22)21(11)4-3-20-12/h1-2,5,11-12,20H,3-4,6H2/t11-,12?/m1/s1. The fourth-order valence-corrected chi connectivity index (χ4v) is 2.97. The van der Waals surface area contributed by atoms with Crippen molar-refractivity contribution in [2.45, 2.75) is 24.9 Å². The third-order valence-corrected chi connectivity index (χ3v) is 4.07. The van der Waals surface area contributed by atoms with Crippen LogP contribution in [0.3, 0.4) is 0 Å². The number of amides is 1. The number of ether oxygens (including phenoxy) is 1. The third kappa shape index (κ3) is 2.80. The number of benzene rings is 1. The van der Waals surface area contributed by atoms with Crippen molar-refractivity contribution in [1.29, 1.82) is 5.26 Å². The van der Waals surface area contributed by atoms with Crippen LogP contribution in [0.15, 0.2) is 18.2 Å². The van der Waals surface area contributed by atoms with Gasteiger partial charge in [-0.1, -0.05) is 6.07 Å². The average molecular weight is 339 g/mol. The lowest BCUT2D eigenvalue weighted by molar-refractivity contribution is -0.210. The molecule has 0 aliphatic carbocycles. The Bertz CT molecular complexity index is 742. The Morgan fingerprint density at radius 1 is 1.42 bits per heavy atom. The number of rotatable bonds is 1. The quantitative estimate of drug-likeness (QED) is 0.771. The maximum atomic E-state index is 12.6. The van der Waals surface area contributed by atoms with Crippen LogP contribution in [0.5, 0.6) is 0 Å². The number of hydrogen-bond acceptors (Lipinski definition) is 5. The highest BCUT2D eigenvalue weighted by Crippen LogP contribution is 2.29. The smallest absolute Gasteiger partial charge is 0.438 e. The van der Waals surface area contributed by atoms with Gasteiger partial charge in [0.1, 0.15) is 0 Å². The molecule has 0 radical (unpaired) electrons. The van der Waals surface area contributed by atoms with Crippen molar-refractivity contribution in [3.63, 3.8) is 0 Å². The van der Waals surface area contributed by atoms with Gasteiger partial charge >= 0.3 is 12.1 Å². The molecule has 1 aromatic rings. The summed E-state index contributed by atoms with van der Waals surface area (Å²) in [7, 11) is 0. The molecular formula is C15H12F3N3O3. The fourth-order valence-electron chi connectivity index (χ4n) is 2.97. The molecule has 0 saturated carbocycles. The van der Waals surface area contributed by atoms with Crippen LogP contribution in [0.2, 0.25) is 0 Å². The summed E-state index contributed by atoms with van der Waals surface area (Å²) in [6.07, 6.45) is -6.10. The van der Waals surface area contributed by atoms with Gasteiger partial charge in [-0.15, -0.1) is 0 Å². The molecule has 0 spiro atoms. The van der Waals surface area contributed by atoms with E-state index in [-0.39, 0.29) is 25.4 Å². The van der Waals surface area contributed by atoms with E-state index >= 15 is 0 Å². The highest BCUT2D eigenvalue weighted by Gasteiger charge is 2.46. The van der Waals surface area contributed by atoms with Gasteiger partial charge in [-0.3, -0.25) is 10.1 Å². The number of hydrogen-bond donors (Lipinski definition) is 1.